The van der Waals surface area contributed by atoms with Gasteiger partial charge < -0.3 is 20.9 Å². The molecule has 1 aliphatic heterocycles. The monoisotopic (exact) mass is 354 g/mol. The van der Waals surface area contributed by atoms with E-state index in [2.05, 4.69) is 20.9 Å². The number of halogens is 1. The van der Waals surface area contributed by atoms with Crippen LogP contribution in [0.25, 0.3) is 0 Å². The van der Waals surface area contributed by atoms with Crippen LogP contribution in [0.15, 0.2) is 24.3 Å². The highest BCUT2D eigenvalue weighted by Gasteiger charge is 2.09. The van der Waals surface area contributed by atoms with Crippen LogP contribution in [-0.4, -0.2) is 56.0 Å². The number of hydrogen-bond donors (Lipinski definition) is 3. The number of hydrogen-bond acceptors (Lipinski definition) is 4. The van der Waals surface area contributed by atoms with Crippen molar-refractivity contribution in [2.24, 2.45) is 0 Å². The van der Waals surface area contributed by atoms with E-state index in [-0.39, 0.29) is 24.2 Å². The third-order valence-corrected chi connectivity index (χ3v) is 3.90. The molecule has 0 unspecified atom stereocenters. The highest BCUT2D eigenvalue weighted by atomic mass is 35.5. The molecule has 134 valence electrons. The molecule has 0 atom stereocenters. The van der Waals surface area contributed by atoms with Crippen molar-refractivity contribution in [1.29, 1.82) is 0 Å². The number of piperazine rings is 1. The van der Waals surface area contributed by atoms with E-state index in [9.17, 15) is 9.59 Å². The van der Waals surface area contributed by atoms with Gasteiger partial charge in [-0.15, -0.1) is 12.4 Å². The van der Waals surface area contributed by atoms with Crippen LogP contribution < -0.4 is 16.0 Å². The fourth-order valence-electron chi connectivity index (χ4n) is 2.54. The number of carbonyl (C=O) groups is 2. The second-order valence-electron chi connectivity index (χ2n) is 5.81. The average molecular weight is 355 g/mol. The van der Waals surface area contributed by atoms with Crippen LogP contribution in [0.1, 0.15) is 29.3 Å². The summed E-state index contributed by atoms with van der Waals surface area (Å²) in [4.78, 5) is 25.4. The van der Waals surface area contributed by atoms with Gasteiger partial charge in [0.25, 0.3) is 5.91 Å². The Labute approximate surface area is 149 Å². The van der Waals surface area contributed by atoms with Crippen molar-refractivity contribution >= 4 is 24.2 Å². The molecular formula is C17H27ClN4O2. The highest BCUT2D eigenvalue weighted by Crippen LogP contribution is 2.04. The summed E-state index contributed by atoms with van der Waals surface area (Å²) >= 11 is 0. The summed E-state index contributed by atoms with van der Waals surface area (Å²) in [6.07, 6.45) is 0.965. The van der Waals surface area contributed by atoms with Crippen LogP contribution in [0, 0.1) is 0 Å². The molecule has 0 saturated carbocycles. The van der Waals surface area contributed by atoms with Gasteiger partial charge in [0, 0.05) is 51.8 Å². The molecule has 1 aromatic rings. The van der Waals surface area contributed by atoms with Gasteiger partial charge in [0.05, 0.1) is 0 Å². The lowest BCUT2D eigenvalue weighted by Gasteiger charge is -2.27. The lowest BCUT2D eigenvalue weighted by molar-refractivity contribution is -0.119. The number of rotatable bonds is 7. The number of amides is 2. The molecule has 6 nitrogen and oxygen atoms in total. The van der Waals surface area contributed by atoms with Crippen molar-refractivity contribution in [3.8, 4) is 0 Å². The fraction of sp³-hybridized carbons (Fsp3) is 0.529. The van der Waals surface area contributed by atoms with E-state index in [1.54, 1.807) is 12.1 Å². The molecule has 1 saturated heterocycles. The minimum atomic E-state index is -0.0590. The van der Waals surface area contributed by atoms with Crippen LogP contribution in [-0.2, 0) is 11.3 Å². The van der Waals surface area contributed by atoms with Crippen LogP contribution in [0.4, 0.5) is 0 Å². The maximum atomic E-state index is 12.1. The lowest BCUT2D eigenvalue weighted by atomic mass is 10.1. The van der Waals surface area contributed by atoms with Crippen LogP contribution >= 0.6 is 12.4 Å². The van der Waals surface area contributed by atoms with Gasteiger partial charge in [-0.3, -0.25) is 9.59 Å². The summed E-state index contributed by atoms with van der Waals surface area (Å²) in [6.45, 7) is 7.97. The Balaban J connectivity index is 0.00000288. The quantitative estimate of drug-likeness (QED) is 0.632. The summed E-state index contributed by atoms with van der Waals surface area (Å²) in [6, 6.07) is 7.32. The molecule has 1 aliphatic rings. The van der Waals surface area contributed by atoms with E-state index in [4.69, 9.17) is 0 Å². The van der Waals surface area contributed by atoms with E-state index in [1.165, 1.54) is 6.92 Å². The molecule has 7 heteroatoms. The van der Waals surface area contributed by atoms with Crippen LogP contribution in [0.2, 0.25) is 0 Å². The fourth-order valence-corrected chi connectivity index (χ4v) is 2.54. The van der Waals surface area contributed by atoms with Gasteiger partial charge in [-0.05, 0) is 30.7 Å². The van der Waals surface area contributed by atoms with Crippen molar-refractivity contribution in [2.75, 3.05) is 39.3 Å². The third-order valence-electron chi connectivity index (χ3n) is 3.90. The molecular weight excluding hydrogens is 328 g/mol. The Morgan fingerprint density at radius 1 is 1.12 bits per heavy atom. The number of carbonyl (C=O) groups excluding carboxylic acids is 2. The highest BCUT2D eigenvalue weighted by molar-refractivity contribution is 5.94. The van der Waals surface area contributed by atoms with E-state index in [0.717, 1.165) is 44.7 Å². The normalized spacial score (nSPS) is 14.5. The molecule has 0 aromatic heterocycles. The molecule has 24 heavy (non-hydrogen) atoms. The number of nitrogens with zero attached hydrogens (tertiary/aromatic N) is 1. The minimum absolute atomic E-state index is 0. The Morgan fingerprint density at radius 3 is 2.42 bits per heavy atom. The van der Waals surface area contributed by atoms with Crippen molar-refractivity contribution < 1.29 is 9.59 Å². The molecule has 0 aliphatic carbocycles. The SMILES string of the molecule is CC(=O)NCc1ccc(C(=O)NCCCN2CCNCC2)cc1.Cl. The second-order valence-corrected chi connectivity index (χ2v) is 5.81. The predicted octanol–water partition coefficient (Wildman–Crippen LogP) is 0.770. The lowest BCUT2D eigenvalue weighted by Crippen LogP contribution is -2.44. The first kappa shape index (κ1) is 20.4. The van der Waals surface area contributed by atoms with Crippen LogP contribution in [0.3, 0.4) is 0 Å². The van der Waals surface area contributed by atoms with E-state index >= 15 is 0 Å². The summed E-state index contributed by atoms with van der Waals surface area (Å²) in [5.41, 5.74) is 1.63. The minimum Gasteiger partial charge on any atom is -0.352 e. The number of nitrogens with one attached hydrogen (secondary N) is 3. The zero-order valence-electron chi connectivity index (χ0n) is 14.1. The Bertz CT molecular complexity index is 516. The molecule has 2 amide bonds. The Hall–Kier alpha value is -1.63. The van der Waals surface area contributed by atoms with Crippen molar-refractivity contribution in [1.82, 2.24) is 20.9 Å². The van der Waals surface area contributed by atoms with Crippen molar-refractivity contribution in [3.63, 3.8) is 0 Å². The largest absolute Gasteiger partial charge is 0.352 e. The molecule has 1 fully saturated rings. The van der Waals surface area contributed by atoms with Gasteiger partial charge in [-0.25, -0.2) is 0 Å². The second kappa shape index (κ2) is 11.0. The maximum absolute atomic E-state index is 12.1. The molecule has 1 aromatic carbocycles. The zero-order chi connectivity index (χ0) is 16.5. The van der Waals surface area contributed by atoms with Gasteiger partial charge >= 0.3 is 0 Å². The standard InChI is InChI=1S/C17H26N4O2.ClH/c1-14(22)20-13-15-3-5-16(6-4-15)17(23)19-7-2-10-21-11-8-18-9-12-21;/h3-6,18H,2,7-13H2,1H3,(H,19,23)(H,20,22);1H. The molecule has 0 radical (unpaired) electrons. The maximum Gasteiger partial charge on any atom is 0.251 e. The van der Waals surface area contributed by atoms with Crippen molar-refractivity contribution in [2.45, 2.75) is 19.9 Å². The topological polar surface area (TPSA) is 73.5 Å². The van der Waals surface area contributed by atoms with E-state index < -0.39 is 0 Å². The average Bonchev–Trinajstić information content (AvgIpc) is 2.58. The first-order chi connectivity index (χ1) is 11.1. The predicted molar refractivity (Wildman–Crippen MR) is 97.5 cm³/mol. The molecule has 1 heterocycles. The summed E-state index contributed by atoms with van der Waals surface area (Å²) < 4.78 is 0. The van der Waals surface area contributed by atoms with Gasteiger partial charge in [-0.1, -0.05) is 12.1 Å². The van der Waals surface area contributed by atoms with Gasteiger partial charge in [0.1, 0.15) is 0 Å². The zero-order valence-corrected chi connectivity index (χ0v) is 15.0. The molecule has 0 spiro atoms. The summed E-state index contributed by atoms with van der Waals surface area (Å²) in [5.74, 6) is -0.104. The van der Waals surface area contributed by atoms with E-state index in [0.29, 0.717) is 18.7 Å². The summed E-state index contributed by atoms with van der Waals surface area (Å²) in [7, 11) is 0. The molecule has 2 rings (SSSR count). The Morgan fingerprint density at radius 2 is 1.79 bits per heavy atom. The molecule has 3 N–H and O–H groups in total. The molecule has 0 bridgehead atoms. The Kier molecular flexibility index (Phi) is 9.37. The van der Waals surface area contributed by atoms with Gasteiger partial charge in [0.15, 0.2) is 0 Å². The summed E-state index contributed by atoms with van der Waals surface area (Å²) in [5, 5.41) is 9.02. The van der Waals surface area contributed by atoms with Crippen molar-refractivity contribution in [3.05, 3.63) is 35.4 Å². The van der Waals surface area contributed by atoms with Gasteiger partial charge in [-0.2, -0.15) is 0 Å². The first-order valence-corrected chi connectivity index (χ1v) is 8.20. The van der Waals surface area contributed by atoms with Gasteiger partial charge in [0.2, 0.25) is 5.91 Å². The smallest absolute Gasteiger partial charge is 0.251 e. The number of benzene rings is 1. The van der Waals surface area contributed by atoms with E-state index in [1.807, 2.05) is 12.1 Å². The van der Waals surface area contributed by atoms with Crippen LogP contribution in [0.5, 0.6) is 0 Å². The third kappa shape index (κ3) is 7.29. The first-order valence-electron chi connectivity index (χ1n) is 8.20.